The first-order valence-electron chi connectivity index (χ1n) is 8.79. The second-order valence-electron chi connectivity index (χ2n) is 6.75. The number of aryl methyl sites for hydroxylation is 2. The number of nitrogens with one attached hydrogen (secondary N) is 1. The standard InChI is InChI=1S/C20H25ClN2O4S/c1-14-9-10-17(21)11-18(14)23(28(4,25)26)12-20(24)22-16(3)13-27-19-8-6-5-7-15(19)2/h5-11,16H,12-13H2,1-4H3,(H,22,24)/t16-/m1/s1. The number of hydrogen-bond donors (Lipinski definition) is 1. The monoisotopic (exact) mass is 424 g/mol. The average Bonchev–Trinajstić information content (AvgIpc) is 2.60. The Bertz CT molecular complexity index is 947. The van der Waals surface area contributed by atoms with Crippen LogP contribution in [0.15, 0.2) is 42.5 Å². The third kappa shape index (κ3) is 6.14. The number of anilines is 1. The Kier molecular flexibility index (Phi) is 7.32. The van der Waals surface area contributed by atoms with E-state index in [2.05, 4.69) is 5.32 Å². The Balaban J connectivity index is 2.04. The molecule has 1 amide bonds. The number of benzene rings is 2. The van der Waals surface area contributed by atoms with Gasteiger partial charge in [-0.2, -0.15) is 0 Å². The van der Waals surface area contributed by atoms with Crippen molar-refractivity contribution < 1.29 is 17.9 Å². The van der Waals surface area contributed by atoms with Crippen LogP contribution in [0.4, 0.5) is 5.69 Å². The highest BCUT2D eigenvalue weighted by Crippen LogP contribution is 2.26. The SMILES string of the molecule is Cc1ccccc1OC[C@@H](C)NC(=O)CN(c1cc(Cl)ccc1C)S(C)(=O)=O. The molecule has 0 unspecified atom stereocenters. The average molecular weight is 425 g/mol. The summed E-state index contributed by atoms with van der Waals surface area (Å²) in [5.74, 6) is 0.321. The molecule has 1 atom stereocenters. The normalized spacial score (nSPS) is 12.3. The number of halogens is 1. The fourth-order valence-corrected chi connectivity index (χ4v) is 3.73. The minimum Gasteiger partial charge on any atom is -0.491 e. The van der Waals surface area contributed by atoms with Gasteiger partial charge in [0.2, 0.25) is 15.9 Å². The quantitative estimate of drug-likeness (QED) is 0.705. The summed E-state index contributed by atoms with van der Waals surface area (Å²) in [4.78, 5) is 12.5. The number of sulfonamides is 1. The maximum absolute atomic E-state index is 12.5. The minimum absolute atomic E-state index is 0.270. The first-order chi connectivity index (χ1) is 13.1. The summed E-state index contributed by atoms with van der Waals surface area (Å²) in [6.07, 6.45) is 1.06. The summed E-state index contributed by atoms with van der Waals surface area (Å²) >= 11 is 6.01. The first-order valence-corrected chi connectivity index (χ1v) is 11.0. The van der Waals surface area contributed by atoms with E-state index < -0.39 is 15.9 Å². The minimum atomic E-state index is -3.67. The van der Waals surface area contributed by atoms with Gasteiger partial charge in [-0.25, -0.2) is 8.42 Å². The number of para-hydroxylation sites is 1. The summed E-state index contributed by atoms with van der Waals surface area (Å²) < 4.78 is 31.3. The van der Waals surface area contributed by atoms with Crippen LogP contribution < -0.4 is 14.4 Å². The van der Waals surface area contributed by atoms with Crippen molar-refractivity contribution in [2.24, 2.45) is 0 Å². The molecule has 152 valence electrons. The third-order valence-electron chi connectivity index (χ3n) is 4.12. The highest BCUT2D eigenvalue weighted by atomic mass is 35.5. The van der Waals surface area contributed by atoms with Crippen LogP contribution in [0.2, 0.25) is 5.02 Å². The molecular weight excluding hydrogens is 400 g/mol. The molecule has 0 aliphatic rings. The second kappa shape index (κ2) is 9.30. The number of hydrogen-bond acceptors (Lipinski definition) is 4. The smallest absolute Gasteiger partial charge is 0.241 e. The van der Waals surface area contributed by atoms with Crippen molar-refractivity contribution in [1.82, 2.24) is 5.32 Å². The van der Waals surface area contributed by atoms with Gasteiger partial charge in [0.25, 0.3) is 0 Å². The highest BCUT2D eigenvalue weighted by molar-refractivity contribution is 7.92. The van der Waals surface area contributed by atoms with E-state index in [0.29, 0.717) is 16.3 Å². The fourth-order valence-electron chi connectivity index (χ4n) is 2.66. The maximum Gasteiger partial charge on any atom is 0.241 e. The van der Waals surface area contributed by atoms with Gasteiger partial charge in [-0.05, 0) is 50.1 Å². The molecule has 1 N–H and O–H groups in total. The molecule has 0 fully saturated rings. The van der Waals surface area contributed by atoms with Crippen LogP contribution in [-0.4, -0.2) is 39.8 Å². The Morgan fingerprint density at radius 2 is 1.86 bits per heavy atom. The van der Waals surface area contributed by atoms with E-state index in [1.54, 1.807) is 26.0 Å². The number of carbonyl (C=O) groups excluding carboxylic acids is 1. The molecule has 2 aromatic carbocycles. The number of carbonyl (C=O) groups is 1. The van der Waals surface area contributed by atoms with Crippen molar-refractivity contribution in [3.05, 3.63) is 58.6 Å². The van der Waals surface area contributed by atoms with E-state index in [4.69, 9.17) is 16.3 Å². The zero-order valence-corrected chi connectivity index (χ0v) is 18.0. The molecule has 0 radical (unpaired) electrons. The molecule has 0 aromatic heterocycles. The molecule has 0 heterocycles. The maximum atomic E-state index is 12.5. The van der Waals surface area contributed by atoms with Crippen LogP contribution in [0, 0.1) is 13.8 Å². The summed E-state index contributed by atoms with van der Waals surface area (Å²) in [7, 11) is -3.67. The van der Waals surface area contributed by atoms with E-state index in [1.165, 1.54) is 6.07 Å². The number of nitrogens with zero attached hydrogens (tertiary/aromatic N) is 1. The van der Waals surface area contributed by atoms with Crippen LogP contribution in [0.1, 0.15) is 18.1 Å². The van der Waals surface area contributed by atoms with Crippen molar-refractivity contribution in [2.45, 2.75) is 26.8 Å². The Hall–Kier alpha value is -2.25. The van der Waals surface area contributed by atoms with Crippen molar-refractivity contribution in [2.75, 3.05) is 23.7 Å². The molecule has 8 heteroatoms. The molecule has 0 bridgehead atoms. The molecule has 0 saturated heterocycles. The second-order valence-corrected chi connectivity index (χ2v) is 9.09. The van der Waals surface area contributed by atoms with E-state index in [-0.39, 0.29) is 19.2 Å². The molecule has 0 saturated carbocycles. The molecule has 0 aliphatic carbocycles. The van der Waals surface area contributed by atoms with Gasteiger partial charge < -0.3 is 10.1 Å². The number of ether oxygens (including phenoxy) is 1. The Morgan fingerprint density at radius 1 is 1.18 bits per heavy atom. The topological polar surface area (TPSA) is 75.7 Å². The van der Waals surface area contributed by atoms with Crippen molar-refractivity contribution in [3.8, 4) is 5.75 Å². The lowest BCUT2D eigenvalue weighted by Gasteiger charge is -2.25. The van der Waals surface area contributed by atoms with E-state index in [9.17, 15) is 13.2 Å². The van der Waals surface area contributed by atoms with Crippen LogP contribution in [0.3, 0.4) is 0 Å². The lowest BCUT2D eigenvalue weighted by atomic mass is 10.2. The molecule has 0 spiro atoms. The molecule has 28 heavy (non-hydrogen) atoms. The van der Waals surface area contributed by atoms with Gasteiger partial charge in [0.1, 0.15) is 18.9 Å². The van der Waals surface area contributed by atoms with E-state index in [0.717, 1.165) is 21.9 Å². The predicted molar refractivity (Wildman–Crippen MR) is 113 cm³/mol. The summed E-state index contributed by atoms with van der Waals surface area (Å²) in [6, 6.07) is 12.2. The number of amides is 1. The summed E-state index contributed by atoms with van der Waals surface area (Å²) in [5, 5.41) is 3.17. The van der Waals surface area contributed by atoms with Gasteiger partial charge in [0, 0.05) is 5.02 Å². The van der Waals surface area contributed by atoms with E-state index in [1.807, 2.05) is 31.2 Å². The third-order valence-corrected chi connectivity index (χ3v) is 5.48. The van der Waals surface area contributed by atoms with Gasteiger partial charge in [-0.15, -0.1) is 0 Å². The Labute approximate surface area is 171 Å². The van der Waals surface area contributed by atoms with Gasteiger partial charge in [0.05, 0.1) is 18.0 Å². The first kappa shape index (κ1) is 22.0. The van der Waals surface area contributed by atoms with Gasteiger partial charge in [-0.1, -0.05) is 35.9 Å². The van der Waals surface area contributed by atoms with Gasteiger partial charge in [-0.3, -0.25) is 9.10 Å². The van der Waals surface area contributed by atoms with Crippen LogP contribution in [-0.2, 0) is 14.8 Å². The zero-order valence-electron chi connectivity index (χ0n) is 16.4. The molecule has 2 rings (SSSR count). The summed E-state index contributed by atoms with van der Waals surface area (Å²) in [6.45, 7) is 5.43. The van der Waals surface area contributed by atoms with E-state index >= 15 is 0 Å². The van der Waals surface area contributed by atoms with Gasteiger partial charge >= 0.3 is 0 Å². The molecular formula is C20H25ClN2O4S. The van der Waals surface area contributed by atoms with Crippen molar-refractivity contribution in [1.29, 1.82) is 0 Å². The highest BCUT2D eigenvalue weighted by Gasteiger charge is 2.23. The van der Waals surface area contributed by atoms with Crippen molar-refractivity contribution >= 4 is 33.2 Å². The van der Waals surface area contributed by atoms with Crippen LogP contribution in [0.25, 0.3) is 0 Å². The zero-order chi connectivity index (χ0) is 20.9. The lowest BCUT2D eigenvalue weighted by molar-refractivity contribution is -0.120. The van der Waals surface area contributed by atoms with Crippen LogP contribution in [0.5, 0.6) is 5.75 Å². The van der Waals surface area contributed by atoms with Crippen LogP contribution >= 0.6 is 11.6 Å². The fraction of sp³-hybridized carbons (Fsp3) is 0.350. The molecule has 0 aliphatic heterocycles. The Morgan fingerprint density at radius 3 is 2.50 bits per heavy atom. The predicted octanol–water partition coefficient (Wildman–Crippen LogP) is 3.31. The number of rotatable bonds is 8. The molecule has 2 aromatic rings. The van der Waals surface area contributed by atoms with Gasteiger partial charge in [0.15, 0.2) is 0 Å². The van der Waals surface area contributed by atoms with Crippen molar-refractivity contribution in [3.63, 3.8) is 0 Å². The lowest BCUT2D eigenvalue weighted by Crippen LogP contribution is -2.45. The summed E-state index contributed by atoms with van der Waals surface area (Å²) in [5.41, 5.74) is 2.09. The largest absolute Gasteiger partial charge is 0.491 e. The molecule has 6 nitrogen and oxygen atoms in total.